The van der Waals surface area contributed by atoms with E-state index < -0.39 is 0 Å². The van der Waals surface area contributed by atoms with Crippen molar-refractivity contribution in [1.82, 2.24) is 4.90 Å². The van der Waals surface area contributed by atoms with Crippen molar-refractivity contribution in [2.24, 2.45) is 5.92 Å². The SMILES string of the molecule is N#Cc1ccc2c(c1)[C@@H]1CN(CCc3ccccc3)C[C@H]1CO2. The lowest BCUT2D eigenvalue weighted by Crippen LogP contribution is -2.25. The van der Waals surface area contributed by atoms with E-state index in [0.29, 0.717) is 11.8 Å². The van der Waals surface area contributed by atoms with Gasteiger partial charge in [-0.15, -0.1) is 0 Å². The Kier molecular flexibility index (Phi) is 3.77. The van der Waals surface area contributed by atoms with Crippen LogP contribution in [0, 0.1) is 17.2 Å². The maximum atomic E-state index is 9.14. The van der Waals surface area contributed by atoms with Crippen LogP contribution in [0.5, 0.6) is 5.75 Å². The van der Waals surface area contributed by atoms with Gasteiger partial charge in [0.05, 0.1) is 18.2 Å². The molecule has 1 fully saturated rings. The summed E-state index contributed by atoms with van der Waals surface area (Å²) in [5, 5.41) is 9.14. The molecule has 0 N–H and O–H groups in total. The lowest BCUT2D eigenvalue weighted by molar-refractivity contribution is 0.213. The van der Waals surface area contributed by atoms with Crippen LogP contribution in [0.15, 0.2) is 48.5 Å². The van der Waals surface area contributed by atoms with E-state index in [1.165, 1.54) is 11.1 Å². The van der Waals surface area contributed by atoms with Crippen molar-refractivity contribution in [3.05, 3.63) is 65.2 Å². The maximum absolute atomic E-state index is 9.14. The first-order valence-electron chi connectivity index (χ1n) is 8.26. The second kappa shape index (κ2) is 6.06. The summed E-state index contributed by atoms with van der Waals surface area (Å²) in [6.45, 7) is 4.05. The van der Waals surface area contributed by atoms with Gasteiger partial charge in [0, 0.05) is 37.0 Å². The summed E-state index contributed by atoms with van der Waals surface area (Å²) >= 11 is 0. The number of benzene rings is 2. The molecule has 0 radical (unpaired) electrons. The van der Waals surface area contributed by atoms with Gasteiger partial charge in [-0.05, 0) is 30.2 Å². The van der Waals surface area contributed by atoms with Gasteiger partial charge in [-0.25, -0.2) is 0 Å². The summed E-state index contributed by atoms with van der Waals surface area (Å²) in [5.41, 5.74) is 3.35. The van der Waals surface area contributed by atoms with Crippen LogP contribution in [0.4, 0.5) is 0 Å². The van der Waals surface area contributed by atoms with Gasteiger partial charge in [-0.1, -0.05) is 30.3 Å². The molecular weight excluding hydrogens is 284 g/mol. The van der Waals surface area contributed by atoms with E-state index in [4.69, 9.17) is 10.00 Å². The number of hydrogen-bond acceptors (Lipinski definition) is 3. The Bertz CT molecular complexity index is 735. The Hall–Kier alpha value is -2.31. The highest BCUT2D eigenvalue weighted by atomic mass is 16.5. The summed E-state index contributed by atoms with van der Waals surface area (Å²) in [5.74, 6) is 2.02. The molecule has 0 saturated carbocycles. The second-order valence-electron chi connectivity index (χ2n) is 6.54. The average molecular weight is 304 g/mol. The molecule has 0 unspecified atom stereocenters. The monoisotopic (exact) mass is 304 g/mol. The van der Waals surface area contributed by atoms with E-state index in [1.54, 1.807) is 0 Å². The molecule has 1 saturated heterocycles. The molecule has 2 aliphatic heterocycles. The maximum Gasteiger partial charge on any atom is 0.122 e. The van der Waals surface area contributed by atoms with Gasteiger partial charge in [0.25, 0.3) is 0 Å². The molecule has 4 rings (SSSR count). The topological polar surface area (TPSA) is 36.3 Å². The molecule has 2 aromatic carbocycles. The molecule has 0 amide bonds. The van der Waals surface area contributed by atoms with Gasteiger partial charge in [-0.2, -0.15) is 5.26 Å². The number of nitrogens with zero attached hydrogens (tertiary/aromatic N) is 2. The van der Waals surface area contributed by atoms with Crippen molar-refractivity contribution in [2.75, 3.05) is 26.2 Å². The van der Waals surface area contributed by atoms with Gasteiger partial charge in [0.2, 0.25) is 0 Å². The van der Waals surface area contributed by atoms with Crippen molar-refractivity contribution in [1.29, 1.82) is 5.26 Å². The van der Waals surface area contributed by atoms with Gasteiger partial charge >= 0.3 is 0 Å². The predicted molar refractivity (Wildman–Crippen MR) is 89.5 cm³/mol. The first-order chi connectivity index (χ1) is 11.3. The fourth-order valence-corrected chi connectivity index (χ4v) is 3.83. The average Bonchev–Trinajstić information content (AvgIpc) is 3.04. The van der Waals surface area contributed by atoms with Crippen LogP contribution >= 0.6 is 0 Å². The van der Waals surface area contributed by atoms with Crippen LogP contribution in [0.1, 0.15) is 22.6 Å². The molecule has 2 aliphatic rings. The van der Waals surface area contributed by atoms with Gasteiger partial charge in [0.15, 0.2) is 0 Å². The van der Waals surface area contributed by atoms with E-state index in [0.717, 1.165) is 44.0 Å². The third kappa shape index (κ3) is 2.83. The zero-order chi connectivity index (χ0) is 15.6. The van der Waals surface area contributed by atoms with Crippen molar-refractivity contribution in [2.45, 2.75) is 12.3 Å². The Labute approximate surface area is 137 Å². The van der Waals surface area contributed by atoms with Crippen LogP contribution in [0.3, 0.4) is 0 Å². The summed E-state index contributed by atoms with van der Waals surface area (Å²) in [7, 11) is 0. The van der Waals surface area contributed by atoms with Crippen molar-refractivity contribution in [3.63, 3.8) is 0 Å². The minimum atomic E-state index is 0.503. The van der Waals surface area contributed by atoms with E-state index in [1.807, 2.05) is 18.2 Å². The Balaban J connectivity index is 1.47. The molecule has 116 valence electrons. The largest absolute Gasteiger partial charge is 0.493 e. The summed E-state index contributed by atoms with van der Waals surface area (Å²) in [4.78, 5) is 2.54. The van der Waals surface area contributed by atoms with Crippen LogP contribution < -0.4 is 4.74 Å². The zero-order valence-electron chi connectivity index (χ0n) is 13.1. The normalized spacial score (nSPS) is 22.7. The van der Waals surface area contributed by atoms with Crippen LogP contribution in [-0.2, 0) is 6.42 Å². The Morgan fingerprint density at radius 3 is 2.83 bits per heavy atom. The zero-order valence-corrected chi connectivity index (χ0v) is 13.1. The lowest BCUT2D eigenvalue weighted by Gasteiger charge is -2.27. The summed E-state index contributed by atoms with van der Waals surface area (Å²) < 4.78 is 5.91. The van der Waals surface area contributed by atoms with Crippen molar-refractivity contribution >= 4 is 0 Å². The molecule has 2 atom stereocenters. The lowest BCUT2D eigenvalue weighted by atomic mass is 9.86. The molecule has 2 heterocycles. The minimum absolute atomic E-state index is 0.503. The highest BCUT2D eigenvalue weighted by Gasteiger charge is 2.38. The third-order valence-electron chi connectivity index (χ3n) is 5.07. The second-order valence-corrected chi connectivity index (χ2v) is 6.54. The molecule has 0 spiro atoms. The van der Waals surface area contributed by atoms with Crippen LogP contribution in [0.2, 0.25) is 0 Å². The van der Waals surface area contributed by atoms with Crippen molar-refractivity contribution < 1.29 is 4.74 Å². The number of nitriles is 1. The molecule has 2 aromatic rings. The highest BCUT2D eigenvalue weighted by Crippen LogP contribution is 2.41. The smallest absolute Gasteiger partial charge is 0.122 e. The summed E-state index contributed by atoms with van der Waals surface area (Å²) in [6.07, 6.45) is 1.09. The van der Waals surface area contributed by atoms with E-state index in [9.17, 15) is 0 Å². The number of fused-ring (bicyclic) bond motifs is 3. The molecule has 3 nitrogen and oxygen atoms in total. The van der Waals surface area contributed by atoms with Crippen LogP contribution in [-0.4, -0.2) is 31.1 Å². The third-order valence-corrected chi connectivity index (χ3v) is 5.07. The quantitative estimate of drug-likeness (QED) is 0.873. The Morgan fingerprint density at radius 1 is 1.13 bits per heavy atom. The van der Waals surface area contributed by atoms with E-state index in [-0.39, 0.29) is 0 Å². The number of likely N-dealkylation sites (tertiary alicyclic amines) is 1. The van der Waals surface area contributed by atoms with Crippen LogP contribution in [0.25, 0.3) is 0 Å². The number of hydrogen-bond donors (Lipinski definition) is 0. The molecule has 0 bridgehead atoms. The standard InChI is InChI=1S/C20H20N2O/c21-11-16-6-7-20-18(10-16)19-13-22(12-17(19)14-23-20)9-8-15-4-2-1-3-5-15/h1-7,10,17,19H,8-9,12-14H2/t17-,19+/m0/s1. The van der Waals surface area contributed by atoms with Gasteiger partial charge in [-0.3, -0.25) is 0 Å². The molecule has 3 heteroatoms. The Morgan fingerprint density at radius 2 is 2.00 bits per heavy atom. The highest BCUT2D eigenvalue weighted by molar-refractivity contribution is 5.46. The fourth-order valence-electron chi connectivity index (χ4n) is 3.83. The molecular formula is C20H20N2O. The molecule has 23 heavy (non-hydrogen) atoms. The van der Waals surface area contributed by atoms with E-state index in [2.05, 4.69) is 41.3 Å². The molecule has 0 aliphatic carbocycles. The van der Waals surface area contributed by atoms with Gasteiger partial charge in [0.1, 0.15) is 5.75 Å². The molecule has 0 aromatic heterocycles. The van der Waals surface area contributed by atoms with Crippen molar-refractivity contribution in [3.8, 4) is 11.8 Å². The van der Waals surface area contributed by atoms with Gasteiger partial charge < -0.3 is 9.64 Å². The first-order valence-corrected chi connectivity index (χ1v) is 8.26. The first kappa shape index (κ1) is 14.3. The minimum Gasteiger partial charge on any atom is -0.493 e. The number of rotatable bonds is 3. The fraction of sp³-hybridized carbons (Fsp3) is 0.350. The summed E-state index contributed by atoms with van der Waals surface area (Å²) in [6, 6.07) is 18.7. The number of ether oxygens (including phenoxy) is 1. The predicted octanol–water partition coefficient (Wildman–Crippen LogP) is 3.21. The van der Waals surface area contributed by atoms with E-state index >= 15 is 0 Å².